The van der Waals surface area contributed by atoms with Gasteiger partial charge in [-0.25, -0.2) is 0 Å². The lowest BCUT2D eigenvalue weighted by molar-refractivity contribution is -0.140. The van der Waals surface area contributed by atoms with E-state index in [1.165, 1.54) is 5.56 Å². The molecule has 0 radical (unpaired) electrons. The number of esters is 1. The molecule has 0 saturated carbocycles. The van der Waals surface area contributed by atoms with Gasteiger partial charge in [-0.15, -0.1) is 0 Å². The first-order valence-electron chi connectivity index (χ1n) is 4.52. The van der Waals surface area contributed by atoms with Crippen LogP contribution in [0.4, 0.5) is 0 Å². The molecule has 0 N–H and O–H groups in total. The van der Waals surface area contributed by atoms with Crippen LogP contribution in [0.2, 0.25) is 0 Å². The molecule has 0 aliphatic carbocycles. The van der Waals surface area contributed by atoms with Crippen molar-refractivity contribution >= 4 is 5.97 Å². The van der Waals surface area contributed by atoms with E-state index >= 15 is 0 Å². The molecule has 2 rings (SSSR count). The van der Waals surface area contributed by atoms with Crippen molar-refractivity contribution < 1.29 is 9.53 Å². The topological polar surface area (TPSA) is 26.3 Å². The van der Waals surface area contributed by atoms with Gasteiger partial charge in [-0.3, -0.25) is 4.79 Å². The van der Waals surface area contributed by atoms with E-state index in [9.17, 15) is 4.79 Å². The molecule has 1 aromatic carbocycles. The van der Waals surface area contributed by atoms with E-state index in [-0.39, 0.29) is 18.0 Å². The molecule has 0 bridgehead atoms. The smallest absolute Gasteiger partial charge is 0.306 e. The van der Waals surface area contributed by atoms with Gasteiger partial charge in [0.25, 0.3) is 0 Å². The molecule has 1 unspecified atom stereocenters. The summed E-state index contributed by atoms with van der Waals surface area (Å²) in [6.07, 6.45) is 0.542. The second kappa shape index (κ2) is 3.21. The van der Waals surface area contributed by atoms with E-state index in [2.05, 4.69) is 0 Å². The number of rotatable bonds is 1. The maximum absolute atomic E-state index is 11.0. The standard InChI is InChI=1S/C11H12O2/c1-8-10(7-11(12)13-8)9-5-3-2-4-6-9/h2-6,8,10H,7H2,1H3/t8?,10-/m0/s1. The van der Waals surface area contributed by atoms with Crippen molar-refractivity contribution in [2.75, 3.05) is 0 Å². The second-order valence-electron chi connectivity index (χ2n) is 3.42. The third kappa shape index (κ3) is 1.57. The van der Waals surface area contributed by atoms with Gasteiger partial charge in [0.2, 0.25) is 0 Å². The monoisotopic (exact) mass is 176 g/mol. The Kier molecular flexibility index (Phi) is 2.05. The Labute approximate surface area is 77.5 Å². The largest absolute Gasteiger partial charge is 0.462 e. The van der Waals surface area contributed by atoms with Crippen molar-refractivity contribution in [1.82, 2.24) is 0 Å². The highest BCUT2D eigenvalue weighted by molar-refractivity contribution is 5.73. The minimum Gasteiger partial charge on any atom is -0.462 e. The van der Waals surface area contributed by atoms with Crippen LogP contribution < -0.4 is 0 Å². The van der Waals surface area contributed by atoms with E-state index in [0.29, 0.717) is 6.42 Å². The number of hydrogen-bond acceptors (Lipinski definition) is 2. The first-order valence-corrected chi connectivity index (χ1v) is 4.52. The first-order chi connectivity index (χ1) is 6.27. The summed E-state index contributed by atoms with van der Waals surface area (Å²) in [7, 11) is 0. The molecule has 1 saturated heterocycles. The number of ether oxygens (including phenoxy) is 1. The highest BCUT2D eigenvalue weighted by Gasteiger charge is 2.32. The molecule has 1 aromatic rings. The van der Waals surface area contributed by atoms with E-state index in [4.69, 9.17) is 4.74 Å². The highest BCUT2D eigenvalue weighted by Crippen LogP contribution is 2.31. The van der Waals surface area contributed by atoms with E-state index in [1.807, 2.05) is 37.3 Å². The van der Waals surface area contributed by atoms with Crippen molar-refractivity contribution in [3.63, 3.8) is 0 Å². The Morgan fingerprint density at radius 1 is 1.31 bits per heavy atom. The zero-order valence-corrected chi connectivity index (χ0v) is 7.57. The van der Waals surface area contributed by atoms with Crippen LogP contribution in [0.25, 0.3) is 0 Å². The van der Waals surface area contributed by atoms with Crippen molar-refractivity contribution in [3.8, 4) is 0 Å². The van der Waals surface area contributed by atoms with Gasteiger partial charge in [-0.05, 0) is 12.5 Å². The van der Waals surface area contributed by atoms with Crippen LogP contribution in [-0.2, 0) is 9.53 Å². The summed E-state index contributed by atoms with van der Waals surface area (Å²) in [5, 5.41) is 0. The zero-order chi connectivity index (χ0) is 9.26. The average molecular weight is 176 g/mol. The van der Waals surface area contributed by atoms with Crippen molar-refractivity contribution in [2.45, 2.75) is 25.4 Å². The summed E-state index contributed by atoms with van der Waals surface area (Å²) in [5.41, 5.74) is 1.20. The Balaban J connectivity index is 2.23. The van der Waals surface area contributed by atoms with Crippen LogP contribution in [-0.4, -0.2) is 12.1 Å². The van der Waals surface area contributed by atoms with Gasteiger partial charge in [0.05, 0.1) is 6.42 Å². The van der Waals surface area contributed by atoms with Gasteiger partial charge in [0.1, 0.15) is 6.10 Å². The molecule has 13 heavy (non-hydrogen) atoms. The minimum absolute atomic E-state index is 0.0231. The fourth-order valence-electron chi connectivity index (χ4n) is 1.77. The van der Waals surface area contributed by atoms with Crippen molar-refractivity contribution in [1.29, 1.82) is 0 Å². The average Bonchev–Trinajstić information content (AvgIpc) is 2.47. The number of benzene rings is 1. The summed E-state index contributed by atoms with van der Waals surface area (Å²) in [5.74, 6) is 0.162. The SMILES string of the molecule is CC1OC(=O)C[C@@H]1c1ccccc1. The zero-order valence-electron chi connectivity index (χ0n) is 7.57. The van der Waals surface area contributed by atoms with Crippen LogP contribution in [0.15, 0.2) is 30.3 Å². The summed E-state index contributed by atoms with van der Waals surface area (Å²) < 4.78 is 5.09. The quantitative estimate of drug-likeness (QED) is 0.612. The first kappa shape index (κ1) is 8.30. The molecule has 2 atom stereocenters. The van der Waals surface area contributed by atoms with Gasteiger partial charge in [0.15, 0.2) is 0 Å². The predicted molar refractivity (Wildman–Crippen MR) is 49.4 cm³/mol. The third-order valence-corrected chi connectivity index (χ3v) is 2.50. The van der Waals surface area contributed by atoms with Gasteiger partial charge in [-0.1, -0.05) is 30.3 Å². The predicted octanol–water partition coefficient (Wildman–Crippen LogP) is 2.11. The summed E-state index contributed by atoms with van der Waals surface area (Å²) in [4.78, 5) is 11.0. The molecular formula is C11H12O2. The number of carbonyl (C=O) groups excluding carboxylic acids is 1. The molecular weight excluding hydrogens is 164 g/mol. The number of hydrogen-bond donors (Lipinski definition) is 0. The summed E-state index contributed by atoms with van der Waals surface area (Å²) in [6, 6.07) is 10.0. The molecule has 68 valence electrons. The Morgan fingerprint density at radius 2 is 2.00 bits per heavy atom. The fraction of sp³-hybridized carbons (Fsp3) is 0.364. The molecule has 1 aliphatic heterocycles. The number of cyclic esters (lactones) is 1. The van der Waals surface area contributed by atoms with Crippen molar-refractivity contribution in [3.05, 3.63) is 35.9 Å². The van der Waals surface area contributed by atoms with Crippen LogP contribution in [0.1, 0.15) is 24.8 Å². The van der Waals surface area contributed by atoms with Crippen LogP contribution in [0, 0.1) is 0 Å². The molecule has 2 nitrogen and oxygen atoms in total. The fourth-order valence-corrected chi connectivity index (χ4v) is 1.77. The lowest BCUT2D eigenvalue weighted by atomic mass is 9.93. The Bertz CT molecular complexity index is 305. The normalized spacial score (nSPS) is 27.3. The molecule has 1 aliphatic rings. The summed E-state index contributed by atoms with van der Waals surface area (Å²) in [6.45, 7) is 1.95. The van der Waals surface area contributed by atoms with Crippen LogP contribution >= 0.6 is 0 Å². The molecule has 0 amide bonds. The molecule has 0 spiro atoms. The van der Waals surface area contributed by atoms with Gasteiger partial charge >= 0.3 is 5.97 Å². The van der Waals surface area contributed by atoms with E-state index < -0.39 is 0 Å². The van der Waals surface area contributed by atoms with Gasteiger partial charge < -0.3 is 4.74 Å². The lowest BCUT2D eigenvalue weighted by Gasteiger charge is -2.12. The number of carbonyl (C=O) groups is 1. The lowest BCUT2D eigenvalue weighted by Crippen LogP contribution is -2.08. The van der Waals surface area contributed by atoms with E-state index in [0.717, 1.165) is 0 Å². The van der Waals surface area contributed by atoms with Crippen LogP contribution in [0.5, 0.6) is 0 Å². The van der Waals surface area contributed by atoms with Gasteiger partial charge in [-0.2, -0.15) is 0 Å². The maximum Gasteiger partial charge on any atom is 0.306 e. The second-order valence-corrected chi connectivity index (χ2v) is 3.42. The van der Waals surface area contributed by atoms with E-state index in [1.54, 1.807) is 0 Å². The van der Waals surface area contributed by atoms with Crippen LogP contribution in [0.3, 0.4) is 0 Å². The molecule has 1 fully saturated rings. The molecule has 2 heteroatoms. The summed E-state index contributed by atoms with van der Waals surface area (Å²) >= 11 is 0. The minimum atomic E-state index is -0.0821. The maximum atomic E-state index is 11.0. The van der Waals surface area contributed by atoms with Gasteiger partial charge in [0, 0.05) is 5.92 Å². The third-order valence-electron chi connectivity index (χ3n) is 2.50. The molecule has 1 heterocycles. The Hall–Kier alpha value is -1.31. The Morgan fingerprint density at radius 3 is 2.54 bits per heavy atom. The van der Waals surface area contributed by atoms with Crippen molar-refractivity contribution in [2.24, 2.45) is 0 Å². The molecule has 0 aromatic heterocycles. The highest BCUT2D eigenvalue weighted by atomic mass is 16.5.